The third-order valence-electron chi connectivity index (χ3n) is 4.05. The molecule has 1 aliphatic rings. The van der Waals surface area contributed by atoms with Gasteiger partial charge in [0.15, 0.2) is 0 Å². The average molecular weight is 342 g/mol. The number of hydrogen-bond acceptors (Lipinski definition) is 6. The van der Waals surface area contributed by atoms with E-state index in [1.54, 1.807) is 20.1 Å². The number of aryl methyl sites for hydroxylation is 1. The van der Waals surface area contributed by atoms with E-state index in [0.717, 1.165) is 5.56 Å². The van der Waals surface area contributed by atoms with Crippen LogP contribution in [0.2, 0.25) is 0 Å². The number of rotatable bonds is 3. The van der Waals surface area contributed by atoms with Gasteiger partial charge in [0, 0.05) is 19.4 Å². The molecule has 2 heterocycles. The third-order valence-corrected chi connectivity index (χ3v) is 4.05. The second kappa shape index (κ2) is 6.43. The van der Waals surface area contributed by atoms with Gasteiger partial charge in [-0.2, -0.15) is 5.10 Å². The Morgan fingerprint density at radius 3 is 2.80 bits per heavy atom. The molecule has 7 heteroatoms. The van der Waals surface area contributed by atoms with Crippen LogP contribution >= 0.6 is 0 Å². The van der Waals surface area contributed by atoms with Gasteiger partial charge in [-0.15, -0.1) is 0 Å². The number of hydrazone groups is 1. The van der Waals surface area contributed by atoms with Gasteiger partial charge in [0.1, 0.15) is 22.8 Å². The first-order valence-electron chi connectivity index (χ1n) is 7.76. The molecule has 0 saturated heterocycles. The number of carbonyl (C=O) groups is 1. The Bertz CT molecular complexity index is 916. The number of hydrogen-bond donors (Lipinski definition) is 1. The summed E-state index contributed by atoms with van der Waals surface area (Å²) in [6.45, 7) is 2.97. The van der Waals surface area contributed by atoms with E-state index in [4.69, 9.17) is 9.15 Å². The molecule has 0 radical (unpaired) electrons. The lowest BCUT2D eigenvalue weighted by atomic mass is 9.98. The van der Waals surface area contributed by atoms with Crippen LogP contribution in [0.3, 0.4) is 0 Å². The molecule has 3 rings (SSSR count). The Morgan fingerprint density at radius 1 is 1.40 bits per heavy atom. The van der Waals surface area contributed by atoms with Gasteiger partial charge in [-0.1, -0.05) is 12.1 Å². The number of aromatic hydroxyl groups is 1. The molecule has 0 fully saturated rings. The van der Waals surface area contributed by atoms with Crippen molar-refractivity contribution in [2.45, 2.75) is 26.3 Å². The summed E-state index contributed by atoms with van der Waals surface area (Å²) < 4.78 is 10.3. The van der Waals surface area contributed by atoms with Crippen LogP contribution in [0.15, 0.2) is 44.6 Å². The Morgan fingerprint density at radius 2 is 2.16 bits per heavy atom. The molecule has 1 amide bonds. The van der Waals surface area contributed by atoms with Crippen molar-refractivity contribution >= 4 is 11.6 Å². The quantitative estimate of drug-likeness (QED) is 0.924. The summed E-state index contributed by atoms with van der Waals surface area (Å²) in [5.41, 5.74) is 0.451. The van der Waals surface area contributed by atoms with Gasteiger partial charge in [0.05, 0.1) is 18.9 Å². The number of ether oxygens (including phenoxy) is 1. The van der Waals surface area contributed by atoms with Crippen molar-refractivity contribution in [3.63, 3.8) is 0 Å². The van der Waals surface area contributed by atoms with Crippen LogP contribution < -0.4 is 10.4 Å². The molecule has 1 unspecified atom stereocenters. The van der Waals surface area contributed by atoms with Crippen molar-refractivity contribution in [3.05, 3.63) is 57.6 Å². The topological polar surface area (TPSA) is 92.3 Å². The van der Waals surface area contributed by atoms with Gasteiger partial charge in [-0.25, -0.2) is 9.80 Å². The highest BCUT2D eigenvalue weighted by Crippen LogP contribution is 2.35. The van der Waals surface area contributed by atoms with Crippen molar-refractivity contribution in [3.8, 4) is 11.5 Å². The highest BCUT2D eigenvalue weighted by molar-refractivity contribution is 6.04. The van der Waals surface area contributed by atoms with E-state index in [0.29, 0.717) is 17.2 Å². The van der Waals surface area contributed by atoms with Gasteiger partial charge in [0.25, 0.3) is 0 Å². The maximum Gasteiger partial charge on any atom is 0.348 e. The molecule has 1 aliphatic heterocycles. The molecule has 1 N–H and O–H groups in total. The van der Waals surface area contributed by atoms with Gasteiger partial charge < -0.3 is 14.3 Å². The fraction of sp³-hybridized carbons (Fsp3) is 0.278. The molecule has 25 heavy (non-hydrogen) atoms. The van der Waals surface area contributed by atoms with Crippen molar-refractivity contribution in [2.24, 2.45) is 5.10 Å². The first-order chi connectivity index (χ1) is 11.9. The molecule has 130 valence electrons. The van der Waals surface area contributed by atoms with E-state index < -0.39 is 5.63 Å². The summed E-state index contributed by atoms with van der Waals surface area (Å²) in [5.74, 6) is 0.492. The summed E-state index contributed by atoms with van der Waals surface area (Å²) in [5, 5.41) is 15.7. The fourth-order valence-electron chi connectivity index (χ4n) is 2.92. The summed E-state index contributed by atoms with van der Waals surface area (Å²) in [7, 11) is 1.56. The molecule has 0 aliphatic carbocycles. The lowest BCUT2D eigenvalue weighted by Gasteiger charge is -2.20. The van der Waals surface area contributed by atoms with E-state index in [-0.39, 0.29) is 29.7 Å². The molecule has 0 spiro atoms. The van der Waals surface area contributed by atoms with Crippen LogP contribution in [-0.2, 0) is 4.79 Å². The summed E-state index contributed by atoms with van der Waals surface area (Å²) in [6.07, 6.45) is 0.286. The minimum Gasteiger partial charge on any atom is -0.507 e. The van der Waals surface area contributed by atoms with Crippen LogP contribution in [0.25, 0.3) is 0 Å². The number of carbonyl (C=O) groups excluding carboxylic acids is 1. The van der Waals surface area contributed by atoms with Gasteiger partial charge in [0.2, 0.25) is 5.91 Å². The third kappa shape index (κ3) is 3.13. The van der Waals surface area contributed by atoms with Crippen LogP contribution in [-0.4, -0.2) is 28.8 Å². The lowest BCUT2D eigenvalue weighted by molar-refractivity contribution is -0.130. The molecule has 7 nitrogen and oxygen atoms in total. The molecule has 1 aromatic carbocycles. The van der Waals surface area contributed by atoms with E-state index in [2.05, 4.69) is 5.10 Å². The smallest absolute Gasteiger partial charge is 0.348 e. The summed E-state index contributed by atoms with van der Waals surface area (Å²) in [6, 6.07) is 8.27. The SMILES string of the molecule is COc1cccc(C2CC(c3c(O)cc(C)oc3=O)=NN2C(C)=O)c1. The van der Waals surface area contributed by atoms with Gasteiger partial charge >= 0.3 is 5.63 Å². The molecule has 0 saturated carbocycles. The molecular weight excluding hydrogens is 324 g/mol. The normalized spacial score (nSPS) is 16.7. The monoisotopic (exact) mass is 342 g/mol. The van der Waals surface area contributed by atoms with Gasteiger partial charge in [-0.05, 0) is 24.6 Å². The lowest BCUT2D eigenvalue weighted by Crippen LogP contribution is -2.24. The van der Waals surface area contributed by atoms with E-state index in [1.807, 2.05) is 18.2 Å². The Kier molecular flexibility index (Phi) is 4.31. The zero-order valence-electron chi connectivity index (χ0n) is 14.1. The van der Waals surface area contributed by atoms with Gasteiger partial charge in [-0.3, -0.25) is 4.79 Å². The van der Waals surface area contributed by atoms with Crippen LogP contribution in [0.1, 0.15) is 36.3 Å². The minimum absolute atomic E-state index is 0.0118. The zero-order chi connectivity index (χ0) is 18.1. The van der Waals surface area contributed by atoms with Crippen molar-refractivity contribution in [2.75, 3.05) is 7.11 Å². The standard InChI is InChI=1S/C18H18N2O5/c1-10-7-16(22)17(18(23)25-10)14-9-15(20(19-14)11(2)21)12-5-4-6-13(8-12)24-3/h4-8,15,22H,9H2,1-3H3. The Balaban J connectivity index is 2.03. The summed E-state index contributed by atoms with van der Waals surface area (Å²) in [4.78, 5) is 24.1. The van der Waals surface area contributed by atoms with E-state index >= 15 is 0 Å². The first-order valence-corrected chi connectivity index (χ1v) is 7.76. The molecule has 1 atom stereocenters. The number of amides is 1. The molecular formula is C18H18N2O5. The van der Waals surface area contributed by atoms with Crippen molar-refractivity contribution in [1.82, 2.24) is 5.01 Å². The molecule has 0 bridgehead atoms. The van der Waals surface area contributed by atoms with Crippen molar-refractivity contribution in [1.29, 1.82) is 0 Å². The highest BCUT2D eigenvalue weighted by Gasteiger charge is 2.34. The van der Waals surface area contributed by atoms with Crippen LogP contribution in [0.5, 0.6) is 11.5 Å². The average Bonchev–Trinajstić information content (AvgIpc) is 2.99. The van der Waals surface area contributed by atoms with Crippen molar-refractivity contribution < 1.29 is 19.1 Å². The van der Waals surface area contributed by atoms with E-state index in [1.165, 1.54) is 18.0 Å². The maximum atomic E-state index is 12.1. The second-order valence-electron chi connectivity index (χ2n) is 5.81. The number of methoxy groups -OCH3 is 1. The number of nitrogens with zero attached hydrogens (tertiary/aromatic N) is 2. The summed E-state index contributed by atoms with van der Waals surface area (Å²) >= 11 is 0. The second-order valence-corrected chi connectivity index (χ2v) is 5.81. The predicted molar refractivity (Wildman–Crippen MR) is 90.8 cm³/mol. The zero-order valence-corrected chi connectivity index (χ0v) is 14.1. The largest absolute Gasteiger partial charge is 0.507 e. The Labute approximate surface area is 144 Å². The van der Waals surface area contributed by atoms with E-state index in [9.17, 15) is 14.7 Å². The predicted octanol–water partition coefficient (Wildman–Crippen LogP) is 2.36. The van der Waals surface area contributed by atoms with Crippen LogP contribution in [0.4, 0.5) is 0 Å². The fourth-order valence-corrected chi connectivity index (χ4v) is 2.92. The van der Waals surface area contributed by atoms with Crippen LogP contribution in [0, 0.1) is 6.92 Å². The highest BCUT2D eigenvalue weighted by atomic mass is 16.5. The first kappa shape index (κ1) is 16.8. The minimum atomic E-state index is -0.675. The molecule has 2 aromatic rings. The number of benzene rings is 1. The Hall–Kier alpha value is -3.09. The molecule has 1 aromatic heterocycles. The maximum absolute atomic E-state index is 12.1.